The third-order valence-electron chi connectivity index (χ3n) is 4.12. The number of hydrogen-bond donors (Lipinski definition) is 4. The fourth-order valence-electron chi connectivity index (χ4n) is 2.21. The van der Waals surface area contributed by atoms with Crippen LogP contribution in [0.4, 0.5) is 11.6 Å². The average molecular weight is 294 g/mol. The molecule has 1 saturated carbocycles. The first-order valence-corrected chi connectivity index (χ1v) is 7.71. The quantitative estimate of drug-likeness (QED) is 0.583. The first-order chi connectivity index (χ1) is 10.1. The van der Waals surface area contributed by atoms with E-state index in [4.69, 9.17) is 0 Å². The molecule has 1 aliphatic carbocycles. The highest BCUT2D eigenvalue weighted by Crippen LogP contribution is 2.39. The molecule has 6 nitrogen and oxygen atoms in total. The SMILES string of the molecule is CCNc1nc(C2CC2)nc(NC(CC)(CO)CO)c1C. The molecule has 1 fully saturated rings. The lowest BCUT2D eigenvalue weighted by atomic mass is 9.98. The summed E-state index contributed by atoms with van der Waals surface area (Å²) in [6, 6.07) is 0. The van der Waals surface area contributed by atoms with Crippen molar-refractivity contribution in [3.8, 4) is 0 Å². The molecule has 0 atom stereocenters. The maximum Gasteiger partial charge on any atom is 0.136 e. The van der Waals surface area contributed by atoms with Crippen LogP contribution in [0, 0.1) is 6.92 Å². The highest BCUT2D eigenvalue weighted by Gasteiger charge is 2.31. The Bertz CT molecular complexity index is 477. The molecule has 0 aliphatic heterocycles. The van der Waals surface area contributed by atoms with E-state index < -0.39 is 5.54 Å². The molecule has 0 spiro atoms. The molecule has 2 rings (SSSR count). The van der Waals surface area contributed by atoms with Gasteiger partial charge in [0.1, 0.15) is 17.5 Å². The molecular weight excluding hydrogens is 268 g/mol. The Morgan fingerprint density at radius 3 is 2.24 bits per heavy atom. The van der Waals surface area contributed by atoms with Gasteiger partial charge in [-0.25, -0.2) is 9.97 Å². The summed E-state index contributed by atoms with van der Waals surface area (Å²) in [4.78, 5) is 9.23. The summed E-state index contributed by atoms with van der Waals surface area (Å²) >= 11 is 0. The number of hydrogen-bond acceptors (Lipinski definition) is 6. The molecule has 1 aliphatic rings. The first kappa shape index (κ1) is 16.0. The van der Waals surface area contributed by atoms with Crippen LogP contribution in [0.1, 0.15) is 50.4 Å². The second-order valence-corrected chi connectivity index (χ2v) is 5.78. The van der Waals surface area contributed by atoms with Crippen molar-refractivity contribution in [2.75, 3.05) is 30.4 Å². The second kappa shape index (κ2) is 6.58. The van der Waals surface area contributed by atoms with Crippen molar-refractivity contribution in [1.82, 2.24) is 9.97 Å². The minimum Gasteiger partial charge on any atom is -0.394 e. The van der Waals surface area contributed by atoms with E-state index >= 15 is 0 Å². The van der Waals surface area contributed by atoms with Gasteiger partial charge in [-0.15, -0.1) is 0 Å². The minimum atomic E-state index is -0.747. The van der Waals surface area contributed by atoms with Gasteiger partial charge in [0.25, 0.3) is 0 Å². The number of aromatic nitrogens is 2. The molecule has 4 N–H and O–H groups in total. The van der Waals surface area contributed by atoms with Crippen molar-refractivity contribution in [3.63, 3.8) is 0 Å². The molecule has 0 saturated heterocycles. The van der Waals surface area contributed by atoms with Gasteiger partial charge in [-0.1, -0.05) is 6.92 Å². The summed E-state index contributed by atoms with van der Waals surface area (Å²) in [5.74, 6) is 2.83. The lowest BCUT2D eigenvalue weighted by molar-refractivity contribution is 0.132. The van der Waals surface area contributed by atoms with Crippen LogP contribution in [0.15, 0.2) is 0 Å². The van der Waals surface area contributed by atoms with Gasteiger partial charge < -0.3 is 20.8 Å². The summed E-state index contributed by atoms with van der Waals surface area (Å²) in [6.07, 6.45) is 2.87. The predicted octanol–water partition coefficient (Wildman–Crippen LogP) is 1.64. The molecule has 0 aromatic carbocycles. The monoisotopic (exact) mass is 294 g/mol. The number of aliphatic hydroxyl groups excluding tert-OH is 2. The number of rotatable bonds is 8. The van der Waals surface area contributed by atoms with E-state index in [1.807, 2.05) is 20.8 Å². The Labute approximate surface area is 126 Å². The Morgan fingerprint density at radius 2 is 1.76 bits per heavy atom. The van der Waals surface area contributed by atoms with E-state index in [2.05, 4.69) is 20.6 Å². The highest BCUT2D eigenvalue weighted by molar-refractivity contribution is 5.58. The van der Waals surface area contributed by atoms with Crippen molar-refractivity contribution >= 4 is 11.6 Å². The predicted molar refractivity (Wildman–Crippen MR) is 83.7 cm³/mol. The van der Waals surface area contributed by atoms with Gasteiger partial charge in [0.05, 0.1) is 18.8 Å². The minimum absolute atomic E-state index is 0.140. The van der Waals surface area contributed by atoms with Crippen molar-refractivity contribution in [2.45, 2.75) is 51.5 Å². The topological polar surface area (TPSA) is 90.3 Å². The zero-order chi connectivity index (χ0) is 15.5. The van der Waals surface area contributed by atoms with Gasteiger partial charge in [0.15, 0.2) is 0 Å². The van der Waals surface area contributed by atoms with Gasteiger partial charge in [-0.3, -0.25) is 0 Å². The van der Waals surface area contributed by atoms with Crippen molar-refractivity contribution in [1.29, 1.82) is 0 Å². The van der Waals surface area contributed by atoms with E-state index in [9.17, 15) is 10.2 Å². The Morgan fingerprint density at radius 1 is 1.14 bits per heavy atom. The third-order valence-corrected chi connectivity index (χ3v) is 4.12. The Hall–Kier alpha value is -1.40. The van der Waals surface area contributed by atoms with E-state index in [0.717, 1.165) is 36.6 Å². The van der Waals surface area contributed by atoms with Crippen LogP contribution in [0.3, 0.4) is 0 Å². The third kappa shape index (κ3) is 3.44. The molecule has 1 aromatic heterocycles. The molecule has 118 valence electrons. The van der Waals surface area contributed by atoms with Crippen molar-refractivity contribution < 1.29 is 10.2 Å². The zero-order valence-electron chi connectivity index (χ0n) is 13.1. The van der Waals surface area contributed by atoms with Crippen LogP contribution in [0.25, 0.3) is 0 Å². The summed E-state index contributed by atoms with van der Waals surface area (Å²) in [5.41, 5.74) is 0.171. The number of anilines is 2. The number of nitrogens with zero attached hydrogens (tertiary/aromatic N) is 2. The average Bonchev–Trinajstić information content (AvgIpc) is 3.33. The molecule has 1 aromatic rings. The summed E-state index contributed by atoms with van der Waals surface area (Å²) in [5, 5.41) is 25.7. The lowest BCUT2D eigenvalue weighted by Crippen LogP contribution is -2.45. The molecule has 1 heterocycles. The van der Waals surface area contributed by atoms with E-state index in [1.54, 1.807) is 0 Å². The summed E-state index contributed by atoms with van der Waals surface area (Å²) in [7, 11) is 0. The van der Waals surface area contributed by atoms with Crippen LogP contribution in [0.5, 0.6) is 0 Å². The van der Waals surface area contributed by atoms with Gasteiger partial charge in [0.2, 0.25) is 0 Å². The second-order valence-electron chi connectivity index (χ2n) is 5.78. The molecule has 0 bridgehead atoms. The summed E-state index contributed by atoms with van der Waals surface area (Å²) in [6.45, 7) is 6.43. The fraction of sp³-hybridized carbons (Fsp3) is 0.733. The maximum atomic E-state index is 9.61. The highest BCUT2D eigenvalue weighted by atomic mass is 16.3. The van der Waals surface area contributed by atoms with E-state index in [0.29, 0.717) is 18.2 Å². The Balaban J connectivity index is 2.36. The van der Waals surface area contributed by atoms with Gasteiger partial charge >= 0.3 is 0 Å². The molecular formula is C15H26N4O2. The van der Waals surface area contributed by atoms with Crippen molar-refractivity contribution in [3.05, 3.63) is 11.4 Å². The number of aliphatic hydroxyl groups is 2. The van der Waals surface area contributed by atoms with E-state index in [-0.39, 0.29) is 13.2 Å². The van der Waals surface area contributed by atoms with Gasteiger partial charge in [-0.05, 0) is 33.1 Å². The van der Waals surface area contributed by atoms with Crippen LogP contribution in [-0.4, -0.2) is 45.5 Å². The van der Waals surface area contributed by atoms with E-state index in [1.165, 1.54) is 0 Å². The maximum absolute atomic E-state index is 9.61. The van der Waals surface area contributed by atoms with Crippen LogP contribution < -0.4 is 10.6 Å². The first-order valence-electron chi connectivity index (χ1n) is 7.71. The van der Waals surface area contributed by atoms with Crippen LogP contribution in [0.2, 0.25) is 0 Å². The van der Waals surface area contributed by atoms with Gasteiger partial charge in [-0.2, -0.15) is 0 Å². The standard InChI is InChI=1S/C15H26N4O2/c1-4-15(8-20,9-21)19-13-10(3)12(16-5-2)17-14(18-13)11-6-7-11/h11,20-21H,4-9H2,1-3H3,(H2,16,17,18,19). The molecule has 0 radical (unpaired) electrons. The largest absolute Gasteiger partial charge is 0.394 e. The summed E-state index contributed by atoms with van der Waals surface area (Å²) < 4.78 is 0. The van der Waals surface area contributed by atoms with Crippen LogP contribution >= 0.6 is 0 Å². The Kier molecular flexibility index (Phi) is 5.00. The smallest absolute Gasteiger partial charge is 0.136 e. The van der Waals surface area contributed by atoms with Crippen molar-refractivity contribution in [2.24, 2.45) is 0 Å². The molecule has 0 unspecified atom stereocenters. The normalized spacial score (nSPS) is 15.1. The fourth-order valence-corrected chi connectivity index (χ4v) is 2.21. The zero-order valence-corrected chi connectivity index (χ0v) is 13.1. The number of nitrogens with one attached hydrogen (secondary N) is 2. The van der Waals surface area contributed by atoms with Gasteiger partial charge in [0, 0.05) is 18.0 Å². The molecule has 21 heavy (non-hydrogen) atoms. The lowest BCUT2D eigenvalue weighted by Gasteiger charge is -2.31. The molecule has 0 amide bonds. The van der Waals surface area contributed by atoms with Crippen LogP contribution in [-0.2, 0) is 0 Å². The molecule has 6 heteroatoms.